The highest BCUT2D eigenvalue weighted by Gasteiger charge is 2.06. The maximum absolute atomic E-state index is 10.6. The lowest BCUT2D eigenvalue weighted by Gasteiger charge is -2.04. The zero-order valence-electron chi connectivity index (χ0n) is 7.27. The minimum absolute atomic E-state index is 0.169. The van der Waals surface area contributed by atoms with E-state index >= 15 is 0 Å². The Morgan fingerprint density at radius 2 is 2.14 bits per heavy atom. The lowest BCUT2D eigenvalue weighted by atomic mass is 10.2. The third-order valence-electron chi connectivity index (χ3n) is 1.49. The van der Waals surface area contributed by atoms with Gasteiger partial charge in [-0.1, -0.05) is 12.1 Å². The first-order valence-electron chi connectivity index (χ1n) is 3.84. The van der Waals surface area contributed by atoms with E-state index in [9.17, 15) is 9.90 Å². The van der Waals surface area contributed by atoms with E-state index < -0.39 is 5.91 Å². The van der Waals surface area contributed by atoms with Gasteiger partial charge in [0.2, 0.25) is 5.91 Å². The van der Waals surface area contributed by atoms with Crippen LogP contribution in [0.2, 0.25) is 0 Å². The van der Waals surface area contributed by atoms with Crippen molar-refractivity contribution in [3.63, 3.8) is 0 Å². The monoisotopic (exact) mass is 227 g/mol. The third-order valence-corrected chi connectivity index (χ3v) is 2.80. The molecule has 0 aliphatic heterocycles. The second-order valence-electron chi connectivity index (χ2n) is 2.56. The van der Waals surface area contributed by atoms with Gasteiger partial charge in [-0.25, -0.2) is 0 Å². The molecule has 0 heterocycles. The minimum Gasteiger partial charge on any atom is -0.498 e. The second-order valence-corrected chi connectivity index (χ2v) is 3.96. The molecular formula is C9H9NO2S2. The number of rotatable bonds is 4. The molecule has 5 heteroatoms. The Bertz CT molecular complexity index is 366. The Kier molecular flexibility index (Phi) is 3.91. The van der Waals surface area contributed by atoms with Gasteiger partial charge < -0.3 is 10.8 Å². The van der Waals surface area contributed by atoms with Crippen LogP contribution in [0.4, 0.5) is 0 Å². The topological polar surface area (TPSA) is 63.3 Å². The van der Waals surface area contributed by atoms with Crippen molar-refractivity contribution in [2.45, 2.75) is 4.90 Å². The summed E-state index contributed by atoms with van der Waals surface area (Å²) >= 11 is 5.92. The van der Waals surface area contributed by atoms with E-state index in [2.05, 4.69) is 12.2 Å². The van der Waals surface area contributed by atoms with Gasteiger partial charge in [-0.3, -0.25) is 4.79 Å². The van der Waals surface area contributed by atoms with E-state index in [-0.39, 0.29) is 10.8 Å². The number of primary amides is 1. The predicted molar refractivity (Wildman–Crippen MR) is 60.7 cm³/mol. The molecule has 0 aliphatic carbocycles. The highest BCUT2D eigenvalue weighted by molar-refractivity contribution is 8.00. The van der Waals surface area contributed by atoms with Gasteiger partial charge in [0, 0.05) is 10.5 Å². The van der Waals surface area contributed by atoms with Crippen LogP contribution < -0.4 is 5.73 Å². The first-order chi connectivity index (χ1) is 6.61. The van der Waals surface area contributed by atoms with E-state index in [4.69, 9.17) is 5.73 Å². The number of aliphatic hydroxyl groups excluding tert-OH is 1. The van der Waals surface area contributed by atoms with Crippen molar-refractivity contribution in [3.05, 3.63) is 29.8 Å². The molecule has 0 bridgehead atoms. The van der Waals surface area contributed by atoms with Crippen LogP contribution in [0.15, 0.2) is 29.2 Å². The van der Waals surface area contributed by atoms with Crippen molar-refractivity contribution in [1.29, 1.82) is 0 Å². The van der Waals surface area contributed by atoms with Gasteiger partial charge in [-0.2, -0.15) is 0 Å². The quantitative estimate of drug-likeness (QED) is 0.604. The van der Waals surface area contributed by atoms with Crippen molar-refractivity contribution in [2.24, 2.45) is 5.73 Å². The average Bonchev–Trinajstić information content (AvgIpc) is 2.15. The largest absolute Gasteiger partial charge is 0.498 e. The summed E-state index contributed by atoms with van der Waals surface area (Å²) in [6, 6.07) is 7.06. The van der Waals surface area contributed by atoms with Crippen LogP contribution in [-0.4, -0.2) is 21.8 Å². The number of nitrogens with two attached hydrogens (primary N) is 1. The summed E-state index contributed by atoms with van der Waals surface area (Å²) in [6.45, 7) is 0. The van der Waals surface area contributed by atoms with Crippen LogP contribution >= 0.6 is 24.0 Å². The van der Waals surface area contributed by atoms with Crippen LogP contribution in [0.5, 0.6) is 0 Å². The van der Waals surface area contributed by atoms with Gasteiger partial charge >= 0.3 is 0 Å². The van der Waals surface area contributed by atoms with Crippen molar-refractivity contribution in [1.82, 2.24) is 0 Å². The molecular weight excluding hydrogens is 218 g/mol. The van der Waals surface area contributed by atoms with E-state index in [1.807, 2.05) is 6.07 Å². The summed E-state index contributed by atoms with van der Waals surface area (Å²) < 4.78 is 0. The summed E-state index contributed by atoms with van der Waals surface area (Å²) in [4.78, 5) is 11.3. The maximum atomic E-state index is 10.6. The van der Waals surface area contributed by atoms with Crippen molar-refractivity contribution < 1.29 is 9.90 Å². The molecule has 1 amide bonds. The molecule has 14 heavy (non-hydrogen) atoms. The van der Waals surface area contributed by atoms with E-state index in [0.717, 1.165) is 4.90 Å². The van der Waals surface area contributed by atoms with Gasteiger partial charge in [0.1, 0.15) is 0 Å². The Balaban J connectivity index is 2.84. The van der Waals surface area contributed by atoms with E-state index in [1.165, 1.54) is 11.8 Å². The summed E-state index contributed by atoms with van der Waals surface area (Å²) in [5.74, 6) is -0.215. The molecule has 0 aliphatic rings. The predicted octanol–water partition coefficient (Wildman–Crippen LogP) is 1.50. The SMILES string of the molecule is NC(=O)CSc1ccccc1C(O)=S. The molecule has 0 unspecified atom stereocenters. The molecule has 0 saturated carbocycles. The molecule has 0 fully saturated rings. The molecule has 0 atom stereocenters. The number of carbonyl (C=O) groups is 1. The molecule has 0 spiro atoms. The number of thioether (sulfide) groups is 1. The molecule has 1 aromatic rings. The number of aliphatic hydroxyl groups is 1. The number of amides is 1. The Morgan fingerprint density at radius 3 is 2.71 bits per heavy atom. The van der Waals surface area contributed by atoms with Gasteiger partial charge in [-0.05, 0) is 24.4 Å². The Morgan fingerprint density at radius 1 is 1.50 bits per heavy atom. The average molecular weight is 227 g/mol. The maximum Gasteiger partial charge on any atom is 0.227 e. The van der Waals surface area contributed by atoms with E-state index in [0.29, 0.717) is 5.56 Å². The smallest absolute Gasteiger partial charge is 0.227 e. The van der Waals surface area contributed by atoms with Crippen molar-refractivity contribution >= 4 is 34.9 Å². The molecule has 0 saturated heterocycles. The number of carbonyl (C=O) groups excluding carboxylic acids is 1. The van der Waals surface area contributed by atoms with Gasteiger partial charge in [0.05, 0.1) is 5.75 Å². The molecule has 0 aromatic heterocycles. The fourth-order valence-corrected chi connectivity index (χ4v) is 1.95. The highest BCUT2D eigenvalue weighted by Crippen LogP contribution is 2.22. The molecule has 1 aromatic carbocycles. The zero-order valence-corrected chi connectivity index (χ0v) is 8.90. The Labute approximate surface area is 91.3 Å². The molecule has 3 N–H and O–H groups in total. The molecule has 3 nitrogen and oxygen atoms in total. The number of thiocarbonyl (C=S) groups is 1. The summed E-state index contributed by atoms with van der Waals surface area (Å²) in [6.07, 6.45) is 0. The molecule has 1 rings (SSSR count). The molecule has 74 valence electrons. The summed E-state index contributed by atoms with van der Waals surface area (Å²) in [7, 11) is 0. The van der Waals surface area contributed by atoms with Crippen LogP contribution in [0, 0.1) is 0 Å². The number of hydrogen-bond donors (Lipinski definition) is 2. The summed E-state index contributed by atoms with van der Waals surface area (Å²) in [5.41, 5.74) is 5.58. The zero-order chi connectivity index (χ0) is 10.6. The van der Waals surface area contributed by atoms with Crippen LogP contribution in [0.3, 0.4) is 0 Å². The minimum atomic E-state index is -0.395. The van der Waals surface area contributed by atoms with Crippen LogP contribution in [-0.2, 0) is 4.79 Å². The Hall–Kier alpha value is -1.07. The third kappa shape index (κ3) is 3.01. The fourth-order valence-electron chi connectivity index (χ4n) is 0.918. The summed E-state index contributed by atoms with van der Waals surface area (Å²) in [5, 5.41) is 9.00. The van der Waals surface area contributed by atoms with Gasteiger partial charge in [-0.15, -0.1) is 11.8 Å². The van der Waals surface area contributed by atoms with E-state index in [1.54, 1.807) is 18.2 Å². The fraction of sp³-hybridized carbons (Fsp3) is 0.111. The highest BCUT2D eigenvalue weighted by atomic mass is 32.2. The van der Waals surface area contributed by atoms with Crippen LogP contribution in [0.25, 0.3) is 0 Å². The van der Waals surface area contributed by atoms with Gasteiger partial charge in [0.15, 0.2) is 5.05 Å². The molecule has 0 radical (unpaired) electrons. The number of benzene rings is 1. The standard InChI is InChI=1S/C9H9NO2S2/c10-8(11)5-14-7-4-2-1-3-6(7)9(12)13/h1-4H,5H2,(H2,10,11)(H,12,13). The lowest BCUT2D eigenvalue weighted by molar-refractivity contribution is -0.115. The number of hydrogen-bond acceptors (Lipinski definition) is 3. The lowest BCUT2D eigenvalue weighted by Crippen LogP contribution is -2.13. The normalized spacial score (nSPS) is 9.71. The van der Waals surface area contributed by atoms with Crippen molar-refractivity contribution in [2.75, 3.05) is 5.75 Å². The van der Waals surface area contributed by atoms with Crippen molar-refractivity contribution in [3.8, 4) is 0 Å². The first kappa shape index (κ1) is 11.0. The van der Waals surface area contributed by atoms with Gasteiger partial charge in [0.25, 0.3) is 0 Å². The second kappa shape index (κ2) is 4.97. The van der Waals surface area contributed by atoms with Crippen LogP contribution in [0.1, 0.15) is 5.56 Å². The first-order valence-corrected chi connectivity index (χ1v) is 5.24.